The Morgan fingerprint density at radius 2 is 1.95 bits per heavy atom. The molecule has 1 atom stereocenters. The number of rotatable bonds is 7. The van der Waals surface area contributed by atoms with Crippen LogP contribution in [-0.2, 0) is 16.1 Å². The Morgan fingerprint density at radius 1 is 1.14 bits per heavy atom. The van der Waals surface area contributed by atoms with Gasteiger partial charge in [-0.15, -0.1) is 0 Å². The fourth-order valence-corrected chi connectivity index (χ4v) is 5.71. The van der Waals surface area contributed by atoms with Crippen LogP contribution in [0.5, 0.6) is 11.5 Å². The number of amides is 1. The normalized spacial score (nSPS) is 17.6. The maximum Gasteiger partial charge on any atom is 0.264 e. The molecule has 10 nitrogen and oxygen atoms in total. The number of benzene rings is 2. The minimum absolute atomic E-state index is 0.0501. The molecular formula is C31H28F3N7O3. The highest BCUT2D eigenvalue weighted by Gasteiger charge is 2.33. The average molecular weight is 604 g/mol. The summed E-state index contributed by atoms with van der Waals surface area (Å²) < 4.78 is 55.5. The number of fused-ring (bicyclic) bond motifs is 1. The highest BCUT2D eigenvalue weighted by molar-refractivity contribution is 5.99. The zero-order valence-electron chi connectivity index (χ0n) is 23.5. The topological polar surface area (TPSA) is 132 Å². The van der Waals surface area contributed by atoms with Crippen LogP contribution in [-0.4, -0.2) is 56.4 Å². The molecule has 0 unspecified atom stereocenters. The minimum atomic E-state index is -1.19. The lowest BCUT2D eigenvalue weighted by molar-refractivity contribution is -0.127. The molecule has 2 aromatic heterocycles. The maximum atomic E-state index is 15.5. The van der Waals surface area contributed by atoms with E-state index in [1.807, 2.05) is 0 Å². The number of nitrogen functional groups attached to an aromatic ring is 1. The number of likely N-dealkylation sites (tertiary alicyclic amines) is 1. The largest absolute Gasteiger partial charge is 0.454 e. The van der Waals surface area contributed by atoms with E-state index in [0.29, 0.717) is 37.2 Å². The molecular weight excluding hydrogens is 575 g/mol. The van der Waals surface area contributed by atoms with E-state index in [0.717, 1.165) is 31.4 Å². The van der Waals surface area contributed by atoms with E-state index in [9.17, 15) is 18.8 Å². The summed E-state index contributed by atoms with van der Waals surface area (Å²) in [4.78, 5) is 23.6. The summed E-state index contributed by atoms with van der Waals surface area (Å²) in [7, 11) is 0. The minimum Gasteiger partial charge on any atom is -0.454 e. The molecule has 4 heterocycles. The number of hydrogen-bond donors (Lipinski definition) is 1. The van der Waals surface area contributed by atoms with Gasteiger partial charge in [-0.05, 0) is 55.9 Å². The Morgan fingerprint density at radius 3 is 2.73 bits per heavy atom. The molecule has 0 spiro atoms. The van der Waals surface area contributed by atoms with Gasteiger partial charge in [0.1, 0.15) is 41.0 Å². The van der Waals surface area contributed by atoms with E-state index in [1.54, 1.807) is 15.7 Å². The molecule has 44 heavy (non-hydrogen) atoms. The molecule has 226 valence electrons. The molecule has 0 radical (unpaired) electrons. The van der Waals surface area contributed by atoms with Gasteiger partial charge in [-0.3, -0.25) is 4.79 Å². The van der Waals surface area contributed by atoms with Crippen LogP contribution >= 0.6 is 0 Å². The Labute approximate surface area is 250 Å². The molecule has 2 N–H and O–H groups in total. The quantitative estimate of drug-likeness (QED) is 0.227. The van der Waals surface area contributed by atoms with Gasteiger partial charge in [-0.25, -0.2) is 23.4 Å². The van der Waals surface area contributed by atoms with Crippen molar-refractivity contribution in [3.8, 4) is 28.8 Å². The second kappa shape index (κ2) is 12.3. The zero-order chi connectivity index (χ0) is 30.8. The number of allylic oxidation sites excluding steroid dienone is 1. The van der Waals surface area contributed by atoms with Crippen LogP contribution in [0.2, 0.25) is 0 Å². The summed E-state index contributed by atoms with van der Waals surface area (Å²) in [5.41, 5.74) is 6.91. The van der Waals surface area contributed by atoms with Gasteiger partial charge in [0.2, 0.25) is 5.82 Å². The van der Waals surface area contributed by atoms with Gasteiger partial charge in [-0.1, -0.05) is 12.1 Å². The Kier molecular flexibility index (Phi) is 8.17. The van der Waals surface area contributed by atoms with Crippen LogP contribution in [0.4, 0.5) is 19.0 Å². The van der Waals surface area contributed by atoms with Gasteiger partial charge in [0.05, 0.1) is 18.0 Å². The van der Waals surface area contributed by atoms with Crippen molar-refractivity contribution in [2.24, 2.45) is 5.92 Å². The van der Waals surface area contributed by atoms with Crippen molar-refractivity contribution in [3.63, 3.8) is 0 Å². The first-order valence-electron chi connectivity index (χ1n) is 14.2. The SMILES string of the molecule is N#C/C(=C\C1CCOCC1)C(=O)N1CCC[C@@H]1Cn1nc(-c2ccc(Oc3cccc(F)c3F)cc2F)c2c(N)ncnc21. The van der Waals surface area contributed by atoms with Crippen molar-refractivity contribution in [1.82, 2.24) is 24.6 Å². The van der Waals surface area contributed by atoms with Crippen LogP contribution in [0.3, 0.4) is 0 Å². The summed E-state index contributed by atoms with van der Waals surface area (Å²) in [6.45, 7) is 1.92. The third kappa shape index (κ3) is 5.68. The number of nitrogens with zero attached hydrogens (tertiary/aromatic N) is 6. The van der Waals surface area contributed by atoms with Gasteiger partial charge < -0.3 is 20.1 Å². The smallest absolute Gasteiger partial charge is 0.264 e. The molecule has 6 rings (SSSR count). The van der Waals surface area contributed by atoms with Gasteiger partial charge in [-0.2, -0.15) is 14.8 Å². The van der Waals surface area contributed by atoms with Crippen LogP contribution in [0.15, 0.2) is 54.4 Å². The maximum absolute atomic E-state index is 15.5. The van der Waals surface area contributed by atoms with Gasteiger partial charge in [0.25, 0.3) is 5.91 Å². The van der Waals surface area contributed by atoms with Crippen LogP contribution < -0.4 is 10.5 Å². The average Bonchev–Trinajstić information content (AvgIpc) is 3.64. The monoisotopic (exact) mass is 603 g/mol. The summed E-state index contributed by atoms with van der Waals surface area (Å²) in [5, 5.41) is 14.8. The Bertz CT molecular complexity index is 1800. The molecule has 2 aromatic carbocycles. The van der Waals surface area contributed by atoms with Crippen molar-refractivity contribution >= 4 is 22.8 Å². The van der Waals surface area contributed by atoms with Crippen molar-refractivity contribution in [3.05, 3.63) is 71.8 Å². The highest BCUT2D eigenvalue weighted by Crippen LogP contribution is 2.35. The molecule has 2 saturated heterocycles. The van der Waals surface area contributed by atoms with E-state index in [2.05, 4.69) is 21.1 Å². The zero-order valence-corrected chi connectivity index (χ0v) is 23.5. The number of halogens is 3. The molecule has 1 amide bonds. The summed E-state index contributed by atoms with van der Waals surface area (Å²) in [5.74, 6) is -3.59. The molecule has 4 aromatic rings. The van der Waals surface area contributed by atoms with E-state index in [-0.39, 0.29) is 58.6 Å². The number of carbonyl (C=O) groups excluding carboxylic acids is 1. The van der Waals surface area contributed by atoms with Gasteiger partial charge >= 0.3 is 0 Å². The highest BCUT2D eigenvalue weighted by atomic mass is 19.2. The predicted octanol–water partition coefficient (Wildman–Crippen LogP) is 5.15. The molecule has 2 aliphatic heterocycles. The number of carbonyl (C=O) groups is 1. The molecule has 0 bridgehead atoms. The summed E-state index contributed by atoms with van der Waals surface area (Å²) in [6.07, 6.45) is 5.98. The lowest BCUT2D eigenvalue weighted by atomic mass is 9.97. The molecule has 2 aliphatic rings. The fraction of sp³-hybridized carbons (Fsp3) is 0.323. The first-order valence-corrected chi connectivity index (χ1v) is 14.2. The van der Waals surface area contributed by atoms with Crippen LogP contribution in [0, 0.1) is 34.7 Å². The first kappa shape index (κ1) is 29.1. The predicted molar refractivity (Wildman–Crippen MR) is 154 cm³/mol. The summed E-state index contributed by atoms with van der Waals surface area (Å²) in [6, 6.07) is 9.09. The van der Waals surface area contributed by atoms with Crippen LogP contribution in [0.25, 0.3) is 22.3 Å². The first-order chi connectivity index (χ1) is 21.3. The van der Waals surface area contributed by atoms with E-state index >= 15 is 4.39 Å². The van der Waals surface area contributed by atoms with Crippen molar-refractivity contribution < 1.29 is 27.4 Å². The van der Waals surface area contributed by atoms with Gasteiger partial charge in [0.15, 0.2) is 17.2 Å². The Hall–Kier alpha value is -4.96. The standard InChI is InChI=1S/C31H28F3N7O3/c32-23-4-1-5-25(27(23)34)44-21-6-7-22(24(33)14-21)28-26-29(36)37-17-38-30(26)41(39-28)16-20-3-2-10-40(20)31(42)19(15-35)13-18-8-11-43-12-9-18/h1,4-7,13-14,17-18,20H,2-3,8-12,16H2,(H2,36,37,38)/b19-13+/t20-/m1/s1. The third-order valence-corrected chi connectivity index (χ3v) is 7.94. The van der Waals surface area contributed by atoms with Crippen molar-refractivity contribution in [1.29, 1.82) is 5.26 Å². The third-order valence-electron chi connectivity index (χ3n) is 7.94. The van der Waals surface area contributed by atoms with Crippen molar-refractivity contribution in [2.75, 3.05) is 25.5 Å². The lowest BCUT2D eigenvalue weighted by Crippen LogP contribution is -2.39. The molecule has 0 saturated carbocycles. The summed E-state index contributed by atoms with van der Waals surface area (Å²) >= 11 is 0. The van der Waals surface area contributed by atoms with Gasteiger partial charge in [0, 0.05) is 31.4 Å². The number of ether oxygens (including phenoxy) is 2. The van der Waals surface area contributed by atoms with Crippen LogP contribution in [0.1, 0.15) is 25.7 Å². The second-order valence-electron chi connectivity index (χ2n) is 10.7. The number of nitrogens with two attached hydrogens (primary N) is 1. The lowest BCUT2D eigenvalue weighted by Gasteiger charge is -2.25. The number of anilines is 1. The molecule has 2 fully saturated rings. The van der Waals surface area contributed by atoms with E-state index in [1.165, 1.54) is 30.6 Å². The van der Waals surface area contributed by atoms with E-state index in [4.69, 9.17) is 15.2 Å². The van der Waals surface area contributed by atoms with Crippen molar-refractivity contribution in [2.45, 2.75) is 38.3 Å². The van der Waals surface area contributed by atoms with E-state index < -0.39 is 17.5 Å². The number of nitriles is 1. The second-order valence-corrected chi connectivity index (χ2v) is 10.7. The molecule has 0 aliphatic carbocycles. The molecule has 13 heteroatoms. The fourth-order valence-electron chi connectivity index (χ4n) is 5.71. The number of aromatic nitrogens is 4. The number of hydrogen-bond acceptors (Lipinski definition) is 8. The Balaban J connectivity index is 1.29.